The Labute approximate surface area is 157 Å². The Balaban J connectivity index is 1.55. The average Bonchev–Trinajstić information content (AvgIpc) is 2.91. The van der Waals surface area contributed by atoms with Gasteiger partial charge in [-0.15, -0.1) is 0 Å². The van der Waals surface area contributed by atoms with Crippen LogP contribution in [0, 0.1) is 0 Å². The summed E-state index contributed by atoms with van der Waals surface area (Å²) in [5.41, 5.74) is 3.40. The van der Waals surface area contributed by atoms with Crippen molar-refractivity contribution in [2.45, 2.75) is 25.8 Å². The van der Waals surface area contributed by atoms with Crippen LogP contribution in [0.25, 0.3) is 11.1 Å². The van der Waals surface area contributed by atoms with Gasteiger partial charge in [0.2, 0.25) is 0 Å². The van der Waals surface area contributed by atoms with Gasteiger partial charge in [-0.2, -0.15) is 5.01 Å². The molecule has 1 aliphatic rings. The van der Waals surface area contributed by atoms with Crippen molar-refractivity contribution in [3.05, 3.63) is 54.6 Å². The number of amides is 4. The fraction of sp³-hybridized carbons (Fsp3) is 0.250. The predicted octanol–water partition coefficient (Wildman–Crippen LogP) is 2.48. The van der Waals surface area contributed by atoms with Crippen molar-refractivity contribution in [3.63, 3.8) is 0 Å². The number of hydrogen-bond acceptors (Lipinski definition) is 4. The highest BCUT2D eigenvalue weighted by molar-refractivity contribution is 6.07. The van der Waals surface area contributed by atoms with Crippen LogP contribution in [0.1, 0.15) is 20.3 Å². The normalized spacial score (nSPS) is 19.0. The zero-order valence-electron chi connectivity index (χ0n) is 15.2. The molecular weight excluding hydrogens is 346 g/mol. The van der Waals surface area contributed by atoms with Crippen LogP contribution in [0.4, 0.5) is 4.79 Å². The molecule has 27 heavy (non-hydrogen) atoms. The van der Waals surface area contributed by atoms with Crippen molar-refractivity contribution in [1.29, 1.82) is 0 Å². The number of ether oxygens (including phenoxy) is 1. The van der Waals surface area contributed by atoms with Gasteiger partial charge >= 0.3 is 6.03 Å². The largest absolute Gasteiger partial charge is 0.484 e. The predicted molar refractivity (Wildman–Crippen MR) is 99.6 cm³/mol. The summed E-state index contributed by atoms with van der Waals surface area (Å²) < 4.78 is 5.44. The minimum atomic E-state index is -1.00. The van der Waals surface area contributed by atoms with E-state index in [1.807, 2.05) is 42.5 Å². The first-order valence-corrected chi connectivity index (χ1v) is 8.67. The second-order valence-electron chi connectivity index (χ2n) is 6.47. The lowest BCUT2D eigenvalue weighted by molar-refractivity contribution is -0.139. The summed E-state index contributed by atoms with van der Waals surface area (Å²) in [5.74, 6) is -0.568. The monoisotopic (exact) mass is 367 g/mol. The lowest BCUT2D eigenvalue weighted by Crippen LogP contribution is -2.49. The summed E-state index contributed by atoms with van der Waals surface area (Å²) in [5, 5.41) is 3.26. The molecule has 0 bridgehead atoms. The molecule has 7 nitrogen and oxygen atoms in total. The van der Waals surface area contributed by atoms with Gasteiger partial charge in [0.1, 0.15) is 11.3 Å². The Bertz CT molecular complexity index is 851. The maximum Gasteiger partial charge on any atom is 0.344 e. The third kappa shape index (κ3) is 3.92. The number of hydrogen-bond donors (Lipinski definition) is 2. The Morgan fingerprint density at radius 3 is 2.30 bits per heavy atom. The Morgan fingerprint density at radius 2 is 1.70 bits per heavy atom. The molecule has 4 amide bonds. The number of urea groups is 1. The SMILES string of the molecule is CC[C@@]1(C)NC(=O)N(NC(=O)COc2ccc(-c3ccccc3)cc2)C1=O. The van der Waals surface area contributed by atoms with E-state index in [0.717, 1.165) is 11.1 Å². The molecule has 0 spiro atoms. The minimum Gasteiger partial charge on any atom is -0.484 e. The first kappa shape index (κ1) is 18.4. The smallest absolute Gasteiger partial charge is 0.344 e. The van der Waals surface area contributed by atoms with E-state index in [0.29, 0.717) is 17.2 Å². The van der Waals surface area contributed by atoms with Crippen LogP contribution >= 0.6 is 0 Å². The topological polar surface area (TPSA) is 87.7 Å². The van der Waals surface area contributed by atoms with Gasteiger partial charge in [-0.25, -0.2) is 4.79 Å². The first-order valence-electron chi connectivity index (χ1n) is 8.67. The fourth-order valence-electron chi connectivity index (χ4n) is 2.71. The summed E-state index contributed by atoms with van der Waals surface area (Å²) in [7, 11) is 0. The molecule has 0 aromatic heterocycles. The van der Waals surface area contributed by atoms with E-state index in [-0.39, 0.29) is 6.61 Å². The van der Waals surface area contributed by atoms with Crippen LogP contribution in [-0.4, -0.2) is 35.0 Å². The number of rotatable bonds is 6. The summed E-state index contributed by atoms with van der Waals surface area (Å²) >= 11 is 0. The number of nitrogens with one attached hydrogen (secondary N) is 2. The lowest BCUT2D eigenvalue weighted by Gasteiger charge is -2.19. The number of carbonyl (C=O) groups is 3. The average molecular weight is 367 g/mol. The second-order valence-corrected chi connectivity index (χ2v) is 6.47. The number of benzene rings is 2. The molecule has 1 atom stereocenters. The van der Waals surface area contributed by atoms with Crippen LogP contribution in [0.15, 0.2) is 54.6 Å². The van der Waals surface area contributed by atoms with Gasteiger partial charge in [-0.3, -0.25) is 15.0 Å². The summed E-state index contributed by atoms with van der Waals surface area (Å²) in [4.78, 5) is 36.2. The molecular formula is C20H21N3O4. The van der Waals surface area contributed by atoms with Crippen molar-refractivity contribution in [1.82, 2.24) is 15.8 Å². The highest BCUT2D eigenvalue weighted by atomic mass is 16.5. The molecule has 7 heteroatoms. The van der Waals surface area contributed by atoms with E-state index in [1.165, 1.54) is 0 Å². The molecule has 0 aliphatic carbocycles. The van der Waals surface area contributed by atoms with Gasteiger partial charge in [0, 0.05) is 0 Å². The van der Waals surface area contributed by atoms with E-state index in [9.17, 15) is 14.4 Å². The van der Waals surface area contributed by atoms with Gasteiger partial charge < -0.3 is 10.1 Å². The number of hydrazine groups is 1. The van der Waals surface area contributed by atoms with Crippen molar-refractivity contribution in [2.75, 3.05) is 6.61 Å². The van der Waals surface area contributed by atoms with Gasteiger partial charge in [0.25, 0.3) is 11.8 Å². The molecule has 0 unspecified atom stereocenters. The fourth-order valence-corrected chi connectivity index (χ4v) is 2.71. The summed E-state index contributed by atoms with van der Waals surface area (Å²) in [6.45, 7) is 3.08. The molecule has 1 heterocycles. The zero-order chi connectivity index (χ0) is 19.4. The van der Waals surface area contributed by atoms with Crippen LogP contribution in [0.3, 0.4) is 0 Å². The van der Waals surface area contributed by atoms with E-state index >= 15 is 0 Å². The van der Waals surface area contributed by atoms with E-state index in [1.54, 1.807) is 26.0 Å². The number of carbonyl (C=O) groups excluding carboxylic acids is 3. The Kier molecular flexibility index (Phi) is 5.12. The van der Waals surface area contributed by atoms with Crippen molar-refractivity contribution >= 4 is 17.8 Å². The maximum atomic E-state index is 12.2. The molecule has 0 radical (unpaired) electrons. The van der Waals surface area contributed by atoms with Gasteiger partial charge in [-0.05, 0) is 36.6 Å². The molecule has 2 N–H and O–H groups in total. The molecule has 2 aromatic carbocycles. The van der Waals surface area contributed by atoms with Crippen LogP contribution < -0.4 is 15.5 Å². The maximum absolute atomic E-state index is 12.2. The minimum absolute atomic E-state index is 0.315. The Morgan fingerprint density at radius 1 is 1.07 bits per heavy atom. The molecule has 1 aliphatic heterocycles. The van der Waals surface area contributed by atoms with Crippen molar-refractivity contribution in [3.8, 4) is 16.9 Å². The number of nitrogens with zero attached hydrogens (tertiary/aromatic N) is 1. The van der Waals surface area contributed by atoms with E-state index in [4.69, 9.17) is 4.74 Å². The van der Waals surface area contributed by atoms with E-state index < -0.39 is 23.4 Å². The third-order valence-corrected chi connectivity index (χ3v) is 4.54. The molecule has 0 saturated carbocycles. The standard InChI is InChI=1S/C20H21N3O4/c1-3-20(2)18(25)23(19(26)21-20)22-17(24)13-27-16-11-9-15(10-12-16)14-7-5-4-6-8-14/h4-12H,3,13H2,1-2H3,(H,21,26)(H,22,24)/t20-/m1/s1. The summed E-state index contributed by atoms with van der Waals surface area (Å²) in [6.07, 6.45) is 0.425. The van der Waals surface area contributed by atoms with Gasteiger partial charge in [-0.1, -0.05) is 49.4 Å². The van der Waals surface area contributed by atoms with Gasteiger partial charge in [0.05, 0.1) is 0 Å². The molecule has 140 valence electrons. The molecule has 1 saturated heterocycles. The first-order chi connectivity index (χ1) is 12.9. The quantitative estimate of drug-likeness (QED) is 0.768. The third-order valence-electron chi connectivity index (χ3n) is 4.54. The van der Waals surface area contributed by atoms with E-state index in [2.05, 4.69) is 10.7 Å². The van der Waals surface area contributed by atoms with Crippen LogP contribution in [0.5, 0.6) is 5.75 Å². The number of imide groups is 1. The molecule has 1 fully saturated rings. The summed E-state index contributed by atoms with van der Waals surface area (Å²) in [6, 6.07) is 16.6. The second kappa shape index (κ2) is 7.49. The zero-order valence-corrected chi connectivity index (χ0v) is 15.2. The highest BCUT2D eigenvalue weighted by Gasteiger charge is 2.47. The highest BCUT2D eigenvalue weighted by Crippen LogP contribution is 2.22. The lowest BCUT2D eigenvalue weighted by atomic mass is 10.00. The molecule has 3 rings (SSSR count). The van der Waals surface area contributed by atoms with Gasteiger partial charge in [0.15, 0.2) is 6.61 Å². The van der Waals surface area contributed by atoms with Crippen LogP contribution in [-0.2, 0) is 9.59 Å². The van der Waals surface area contributed by atoms with Crippen molar-refractivity contribution in [2.24, 2.45) is 0 Å². The Hall–Kier alpha value is -3.35. The van der Waals surface area contributed by atoms with Crippen molar-refractivity contribution < 1.29 is 19.1 Å². The van der Waals surface area contributed by atoms with Crippen LogP contribution in [0.2, 0.25) is 0 Å². The molecule has 2 aromatic rings.